The van der Waals surface area contributed by atoms with Crippen molar-refractivity contribution < 1.29 is 13.7 Å². The molecule has 1 aliphatic heterocycles. The number of nitrogens with one attached hydrogen (secondary N) is 1. The number of carbonyl (C=O) groups is 1. The molecular formula is C21H22FN5O2. The molecule has 1 N–H and O–H groups in total. The third kappa shape index (κ3) is 5.03. The highest BCUT2D eigenvalue weighted by Gasteiger charge is 2.26. The molecule has 150 valence electrons. The molecule has 0 radical (unpaired) electrons. The maximum Gasteiger partial charge on any atom is 0.241 e. The quantitative estimate of drug-likeness (QED) is 0.691. The molecule has 1 amide bonds. The van der Waals surface area contributed by atoms with Crippen LogP contribution in [-0.4, -0.2) is 39.0 Å². The van der Waals surface area contributed by atoms with Gasteiger partial charge in [0.25, 0.3) is 0 Å². The predicted molar refractivity (Wildman–Crippen MR) is 104 cm³/mol. The summed E-state index contributed by atoms with van der Waals surface area (Å²) in [7, 11) is 0. The molecule has 0 spiro atoms. The first-order valence-electron chi connectivity index (χ1n) is 9.65. The predicted octanol–water partition coefficient (Wildman–Crippen LogP) is 2.80. The second-order valence-corrected chi connectivity index (χ2v) is 7.17. The third-order valence-electron chi connectivity index (χ3n) is 5.00. The fourth-order valence-corrected chi connectivity index (χ4v) is 3.48. The molecule has 2 aromatic heterocycles. The number of amides is 1. The first kappa shape index (κ1) is 19.2. The smallest absolute Gasteiger partial charge is 0.241 e. The third-order valence-corrected chi connectivity index (χ3v) is 5.00. The minimum atomic E-state index is -0.307. The van der Waals surface area contributed by atoms with Crippen LogP contribution >= 0.6 is 0 Å². The van der Waals surface area contributed by atoms with Gasteiger partial charge in [-0.1, -0.05) is 11.2 Å². The SMILES string of the molecule is O=C(NCc1cccnc1)C1CCCN(Cc2nc(-c3ccc(F)cc3)no2)C1. The van der Waals surface area contributed by atoms with Gasteiger partial charge in [0, 0.05) is 31.0 Å². The van der Waals surface area contributed by atoms with Gasteiger partial charge < -0.3 is 9.84 Å². The van der Waals surface area contributed by atoms with E-state index in [1.807, 2.05) is 12.1 Å². The Morgan fingerprint density at radius 1 is 1.28 bits per heavy atom. The lowest BCUT2D eigenvalue weighted by molar-refractivity contribution is -0.127. The molecule has 1 unspecified atom stereocenters. The number of benzene rings is 1. The Morgan fingerprint density at radius 3 is 2.93 bits per heavy atom. The molecule has 1 atom stereocenters. The van der Waals surface area contributed by atoms with Crippen LogP contribution < -0.4 is 5.32 Å². The van der Waals surface area contributed by atoms with Crippen LogP contribution in [0, 0.1) is 11.7 Å². The second kappa shape index (κ2) is 8.91. The van der Waals surface area contributed by atoms with E-state index in [0.29, 0.717) is 36.9 Å². The molecule has 3 aromatic rings. The highest BCUT2D eigenvalue weighted by Crippen LogP contribution is 2.20. The Morgan fingerprint density at radius 2 is 2.14 bits per heavy atom. The number of piperidine rings is 1. The average molecular weight is 395 g/mol. The van der Waals surface area contributed by atoms with E-state index >= 15 is 0 Å². The Balaban J connectivity index is 1.32. The summed E-state index contributed by atoms with van der Waals surface area (Å²) in [6.07, 6.45) is 5.26. The molecule has 29 heavy (non-hydrogen) atoms. The van der Waals surface area contributed by atoms with Gasteiger partial charge in [-0.15, -0.1) is 0 Å². The minimum absolute atomic E-state index is 0.0519. The van der Waals surface area contributed by atoms with Crippen molar-refractivity contribution in [3.63, 3.8) is 0 Å². The number of aromatic nitrogens is 3. The lowest BCUT2D eigenvalue weighted by Gasteiger charge is -2.30. The molecule has 1 aliphatic rings. The topological polar surface area (TPSA) is 84.2 Å². The van der Waals surface area contributed by atoms with Crippen molar-refractivity contribution in [2.75, 3.05) is 13.1 Å². The van der Waals surface area contributed by atoms with E-state index in [0.717, 1.165) is 24.9 Å². The van der Waals surface area contributed by atoms with Crippen molar-refractivity contribution in [3.05, 3.63) is 66.1 Å². The number of halogens is 1. The largest absolute Gasteiger partial charge is 0.352 e. The summed E-state index contributed by atoms with van der Waals surface area (Å²) >= 11 is 0. The standard InChI is InChI=1S/C21H22FN5O2/c22-18-7-5-16(6-8-18)20-25-19(29-26-20)14-27-10-2-4-17(13-27)21(28)24-12-15-3-1-9-23-11-15/h1,3,5-9,11,17H,2,4,10,12-14H2,(H,24,28). The van der Waals surface area contributed by atoms with Gasteiger partial charge in [0.1, 0.15) is 5.82 Å². The summed E-state index contributed by atoms with van der Waals surface area (Å²) in [6, 6.07) is 9.76. The average Bonchev–Trinajstić information content (AvgIpc) is 3.22. The van der Waals surface area contributed by atoms with Gasteiger partial charge in [-0.05, 0) is 55.3 Å². The van der Waals surface area contributed by atoms with Gasteiger partial charge in [-0.2, -0.15) is 4.98 Å². The van der Waals surface area contributed by atoms with Crippen LogP contribution in [0.1, 0.15) is 24.3 Å². The number of nitrogens with zero attached hydrogens (tertiary/aromatic N) is 4. The number of hydrogen-bond donors (Lipinski definition) is 1. The monoisotopic (exact) mass is 395 g/mol. The van der Waals surface area contributed by atoms with Crippen LogP contribution in [0.4, 0.5) is 4.39 Å². The van der Waals surface area contributed by atoms with Crippen molar-refractivity contribution in [2.24, 2.45) is 5.92 Å². The first-order chi connectivity index (χ1) is 14.2. The maximum absolute atomic E-state index is 13.1. The number of pyridine rings is 1. The van der Waals surface area contributed by atoms with Crippen LogP contribution in [0.5, 0.6) is 0 Å². The van der Waals surface area contributed by atoms with Crippen LogP contribution in [0.2, 0.25) is 0 Å². The van der Waals surface area contributed by atoms with Crippen molar-refractivity contribution in [1.82, 2.24) is 25.3 Å². The number of likely N-dealkylation sites (tertiary alicyclic amines) is 1. The zero-order valence-electron chi connectivity index (χ0n) is 15.9. The zero-order valence-corrected chi connectivity index (χ0v) is 15.9. The van der Waals surface area contributed by atoms with Crippen molar-refractivity contribution in [3.8, 4) is 11.4 Å². The summed E-state index contributed by atoms with van der Waals surface area (Å²) in [5.74, 6) is 0.596. The molecule has 0 saturated carbocycles. The second-order valence-electron chi connectivity index (χ2n) is 7.17. The van der Waals surface area contributed by atoms with Crippen LogP contribution in [-0.2, 0) is 17.9 Å². The minimum Gasteiger partial charge on any atom is -0.352 e. The van der Waals surface area contributed by atoms with Crippen molar-refractivity contribution >= 4 is 5.91 Å². The fourth-order valence-electron chi connectivity index (χ4n) is 3.48. The molecule has 7 nitrogen and oxygen atoms in total. The molecule has 8 heteroatoms. The summed E-state index contributed by atoms with van der Waals surface area (Å²) in [5, 5.41) is 6.97. The zero-order chi connectivity index (χ0) is 20.1. The van der Waals surface area contributed by atoms with Crippen LogP contribution in [0.3, 0.4) is 0 Å². The highest BCUT2D eigenvalue weighted by atomic mass is 19.1. The van der Waals surface area contributed by atoms with Gasteiger partial charge in [-0.3, -0.25) is 14.7 Å². The van der Waals surface area contributed by atoms with Gasteiger partial charge >= 0.3 is 0 Å². The summed E-state index contributed by atoms with van der Waals surface area (Å²) in [4.78, 5) is 23.2. The number of hydrogen-bond acceptors (Lipinski definition) is 6. The van der Waals surface area contributed by atoms with Gasteiger partial charge in [0.15, 0.2) is 0 Å². The van der Waals surface area contributed by atoms with Crippen molar-refractivity contribution in [1.29, 1.82) is 0 Å². The maximum atomic E-state index is 13.1. The van der Waals surface area contributed by atoms with Gasteiger partial charge in [-0.25, -0.2) is 4.39 Å². The lowest BCUT2D eigenvalue weighted by atomic mass is 9.97. The Labute approximate surface area is 168 Å². The van der Waals surface area contributed by atoms with E-state index in [9.17, 15) is 9.18 Å². The molecule has 0 bridgehead atoms. The molecular weight excluding hydrogens is 373 g/mol. The van der Waals surface area contributed by atoms with E-state index in [-0.39, 0.29) is 17.6 Å². The van der Waals surface area contributed by atoms with Crippen molar-refractivity contribution in [2.45, 2.75) is 25.9 Å². The van der Waals surface area contributed by atoms with E-state index in [1.165, 1.54) is 12.1 Å². The summed E-state index contributed by atoms with van der Waals surface area (Å²) < 4.78 is 18.4. The fraction of sp³-hybridized carbons (Fsp3) is 0.333. The highest BCUT2D eigenvalue weighted by molar-refractivity contribution is 5.78. The Hall–Kier alpha value is -3.13. The molecule has 1 saturated heterocycles. The molecule has 1 aromatic carbocycles. The van der Waals surface area contributed by atoms with E-state index < -0.39 is 0 Å². The van der Waals surface area contributed by atoms with Gasteiger partial charge in [0.05, 0.1) is 12.5 Å². The van der Waals surface area contributed by atoms with Crippen LogP contribution in [0.15, 0.2) is 53.3 Å². The van der Waals surface area contributed by atoms with Crippen LogP contribution in [0.25, 0.3) is 11.4 Å². The Kier molecular flexibility index (Phi) is 5.90. The molecule has 3 heterocycles. The van der Waals surface area contributed by atoms with E-state index in [1.54, 1.807) is 24.5 Å². The summed E-state index contributed by atoms with van der Waals surface area (Å²) in [6.45, 7) is 2.49. The number of rotatable bonds is 6. The Bertz CT molecular complexity index is 945. The normalized spacial score (nSPS) is 17.2. The number of carbonyl (C=O) groups excluding carboxylic acids is 1. The first-order valence-corrected chi connectivity index (χ1v) is 9.65. The van der Waals surface area contributed by atoms with E-state index in [2.05, 4.69) is 25.3 Å². The van der Waals surface area contributed by atoms with Gasteiger partial charge in [0.2, 0.25) is 17.6 Å². The molecule has 4 rings (SSSR count). The molecule has 0 aliphatic carbocycles. The van der Waals surface area contributed by atoms with E-state index in [4.69, 9.17) is 4.52 Å². The summed E-state index contributed by atoms with van der Waals surface area (Å²) in [5.41, 5.74) is 1.68. The molecule has 1 fully saturated rings. The lowest BCUT2D eigenvalue weighted by Crippen LogP contribution is -2.42.